The van der Waals surface area contributed by atoms with Crippen LogP contribution >= 0.6 is 0 Å². The van der Waals surface area contributed by atoms with Crippen LogP contribution in [0, 0.1) is 0 Å². The molecule has 0 aliphatic carbocycles. The van der Waals surface area contributed by atoms with Crippen molar-refractivity contribution in [2.75, 3.05) is 6.61 Å². The zero-order valence-electron chi connectivity index (χ0n) is 8.69. The molecule has 0 heterocycles. The third-order valence-corrected chi connectivity index (χ3v) is 1.84. The average Bonchev–Trinajstić information content (AvgIpc) is 2.19. The molecule has 80 valence electrons. The van der Waals surface area contributed by atoms with Gasteiger partial charge in [0.15, 0.2) is 17.3 Å². The lowest BCUT2D eigenvalue weighted by Crippen LogP contribution is -2.06. The molecule has 1 aromatic rings. The summed E-state index contributed by atoms with van der Waals surface area (Å²) in [5.74, 6) is 0.303. The standard InChI is InChI=1S/C12H14O3/c1-3-4-10-5-6-11(14)12(7-10)15-8-9(2)13/h3,5-7,14H,1,4,8H2,2H3. The number of phenolic OH excluding ortho intramolecular Hbond substituents is 1. The quantitative estimate of drug-likeness (QED) is 0.750. The first-order valence-corrected chi connectivity index (χ1v) is 4.68. The molecule has 0 saturated carbocycles. The number of ether oxygens (including phenoxy) is 1. The third kappa shape index (κ3) is 3.46. The van der Waals surface area contributed by atoms with E-state index in [4.69, 9.17) is 4.74 Å². The van der Waals surface area contributed by atoms with Gasteiger partial charge < -0.3 is 9.84 Å². The largest absolute Gasteiger partial charge is 0.504 e. The molecule has 0 fully saturated rings. The topological polar surface area (TPSA) is 46.5 Å². The Morgan fingerprint density at radius 2 is 2.33 bits per heavy atom. The van der Waals surface area contributed by atoms with E-state index < -0.39 is 0 Å². The Hall–Kier alpha value is -1.77. The summed E-state index contributed by atoms with van der Waals surface area (Å²) in [7, 11) is 0. The molecule has 3 nitrogen and oxygen atoms in total. The minimum absolute atomic E-state index is 0.0227. The monoisotopic (exact) mass is 206 g/mol. The Labute approximate surface area is 89.0 Å². The molecule has 15 heavy (non-hydrogen) atoms. The lowest BCUT2D eigenvalue weighted by Gasteiger charge is -2.07. The van der Waals surface area contributed by atoms with Gasteiger partial charge in [-0.3, -0.25) is 4.79 Å². The second kappa shape index (κ2) is 5.20. The Bertz CT molecular complexity index is 369. The molecule has 0 aromatic heterocycles. The van der Waals surface area contributed by atoms with Crippen LogP contribution in [0.3, 0.4) is 0 Å². The molecule has 1 aromatic carbocycles. The molecule has 0 radical (unpaired) electrons. The number of carbonyl (C=O) groups excluding carboxylic acids is 1. The van der Waals surface area contributed by atoms with Crippen molar-refractivity contribution in [3.05, 3.63) is 36.4 Å². The predicted octanol–water partition coefficient (Wildman–Crippen LogP) is 2.09. The van der Waals surface area contributed by atoms with Crippen molar-refractivity contribution in [1.82, 2.24) is 0 Å². The number of hydrogen-bond acceptors (Lipinski definition) is 3. The van der Waals surface area contributed by atoms with Crippen LogP contribution in [0.15, 0.2) is 30.9 Å². The minimum atomic E-state index is -0.0801. The molecular weight excluding hydrogens is 192 g/mol. The average molecular weight is 206 g/mol. The first-order valence-electron chi connectivity index (χ1n) is 4.68. The number of hydrogen-bond donors (Lipinski definition) is 1. The summed E-state index contributed by atoms with van der Waals surface area (Å²) < 4.78 is 5.15. The van der Waals surface area contributed by atoms with Crippen molar-refractivity contribution in [2.45, 2.75) is 13.3 Å². The van der Waals surface area contributed by atoms with E-state index in [-0.39, 0.29) is 18.1 Å². The van der Waals surface area contributed by atoms with E-state index in [0.717, 1.165) is 5.56 Å². The van der Waals surface area contributed by atoms with Crippen molar-refractivity contribution in [3.63, 3.8) is 0 Å². The molecule has 1 N–H and O–H groups in total. The van der Waals surface area contributed by atoms with Gasteiger partial charge in [-0.25, -0.2) is 0 Å². The Morgan fingerprint density at radius 1 is 1.60 bits per heavy atom. The van der Waals surface area contributed by atoms with Gasteiger partial charge in [0.2, 0.25) is 0 Å². The fourth-order valence-corrected chi connectivity index (χ4v) is 1.15. The van der Waals surface area contributed by atoms with Gasteiger partial charge in [0, 0.05) is 0 Å². The lowest BCUT2D eigenvalue weighted by atomic mass is 10.1. The van der Waals surface area contributed by atoms with Crippen LogP contribution in [0.4, 0.5) is 0 Å². The van der Waals surface area contributed by atoms with Crippen molar-refractivity contribution in [1.29, 1.82) is 0 Å². The highest BCUT2D eigenvalue weighted by Gasteiger charge is 2.04. The van der Waals surface area contributed by atoms with Crippen LogP contribution in [0.25, 0.3) is 0 Å². The van der Waals surface area contributed by atoms with Gasteiger partial charge in [-0.2, -0.15) is 0 Å². The van der Waals surface area contributed by atoms with Gasteiger partial charge in [-0.15, -0.1) is 6.58 Å². The van der Waals surface area contributed by atoms with Gasteiger partial charge in [-0.05, 0) is 31.0 Å². The SMILES string of the molecule is C=CCc1ccc(O)c(OCC(C)=O)c1. The van der Waals surface area contributed by atoms with Crippen molar-refractivity contribution in [3.8, 4) is 11.5 Å². The first kappa shape index (κ1) is 11.3. The fraction of sp³-hybridized carbons (Fsp3) is 0.250. The molecule has 0 aliphatic heterocycles. The molecule has 0 unspecified atom stereocenters. The normalized spacial score (nSPS) is 9.67. The highest BCUT2D eigenvalue weighted by atomic mass is 16.5. The molecule has 3 heteroatoms. The van der Waals surface area contributed by atoms with E-state index in [2.05, 4.69) is 6.58 Å². The summed E-state index contributed by atoms with van der Waals surface area (Å²) in [6, 6.07) is 5.05. The van der Waals surface area contributed by atoms with Crippen LogP contribution in [0.2, 0.25) is 0 Å². The zero-order chi connectivity index (χ0) is 11.3. The summed E-state index contributed by atoms with van der Waals surface area (Å²) in [5, 5.41) is 9.45. The van der Waals surface area contributed by atoms with E-state index in [1.807, 2.05) is 0 Å². The summed E-state index contributed by atoms with van der Waals surface area (Å²) in [6.45, 7) is 5.04. The predicted molar refractivity (Wildman–Crippen MR) is 58.2 cm³/mol. The molecule has 0 atom stereocenters. The van der Waals surface area contributed by atoms with Crippen molar-refractivity contribution >= 4 is 5.78 Å². The number of benzene rings is 1. The van der Waals surface area contributed by atoms with Gasteiger partial charge in [0.25, 0.3) is 0 Å². The summed E-state index contributed by atoms with van der Waals surface area (Å²) in [5.41, 5.74) is 0.987. The van der Waals surface area contributed by atoms with Gasteiger partial charge in [-0.1, -0.05) is 12.1 Å². The lowest BCUT2D eigenvalue weighted by molar-refractivity contribution is -0.118. The number of phenols is 1. The Balaban J connectivity index is 2.80. The van der Waals surface area contributed by atoms with Gasteiger partial charge in [0.1, 0.15) is 6.61 Å². The summed E-state index contributed by atoms with van der Waals surface area (Å²) in [4.78, 5) is 10.7. The number of aromatic hydroxyl groups is 1. The second-order valence-corrected chi connectivity index (χ2v) is 3.29. The highest BCUT2D eigenvalue weighted by Crippen LogP contribution is 2.27. The van der Waals surface area contributed by atoms with E-state index in [0.29, 0.717) is 12.2 Å². The molecular formula is C12H14O3. The van der Waals surface area contributed by atoms with Crippen LogP contribution in [-0.4, -0.2) is 17.5 Å². The van der Waals surface area contributed by atoms with E-state index in [9.17, 15) is 9.90 Å². The van der Waals surface area contributed by atoms with Crippen LogP contribution in [0.5, 0.6) is 11.5 Å². The van der Waals surface area contributed by atoms with Gasteiger partial charge >= 0.3 is 0 Å². The number of rotatable bonds is 5. The maximum atomic E-state index is 10.7. The molecule has 0 amide bonds. The molecule has 0 aliphatic rings. The summed E-state index contributed by atoms with van der Waals surface area (Å²) in [6.07, 6.45) is 2.47. The Morgan fingerprint density at radius 3 is 2.93 bits per heavy atom. The Kier molecular flexibility index (Phi) is 3.92. The second-order valence-electron chi connectivity index (χ2n) is 3.29. The summed E-state index contributed by atoms with van der Waals surface area (Å²) >= 11 is 0. The maximum Gasteiger partial charge on any atom is 0.167 e. The van der Waals surface area contributed by atoms with Crippen LogP contribution < -0.4 is 4.74 Å². The van der Waals surface area contributed by atoms with Gasteiger partial charge in [0.05, 0.1) is 0 Å². The van der Waals surface area contributed by atoms with E-state index in [1.54, 1.807) is 24.3 Å². The first-order chi connectivity index (χ1) is 7.13. The number of carbonyl (C=O) groups is 1. The molecule has 1 rings (SSSR count). The number of ketones is 1. The maximum absolute atomic E-state index is 10.7. The third-order valence-electron chi connectivity index (χ3n) is 1.84. The van der Waals surface area contributed by atoms with E-state index in [1.165, 1.54) is 6.92 Å². The highest BCUT2D eigenvalue weighted by molar-refractivity contribution is 5.77. The number of allylic oxidation sites excluding steroid dienone is 1. The molecule has 0 saturated heterocycles. The van der Waals surface area contributed by atoms with Crippen molar-refractivity contribution in [2.24, 2.45) is 0 Å². The number of Topliss-reactive ketones (excluding diaryl/α,β-unsaturated/α-hetero) is 1. The minimum Gasteiger partial charge on any atom is -0.504 e. The van der Waals surface area contributed by atoms with Crippen LogP contribution in [0.1, 0.15) is 12.5 Å². The fourth-order valence-electron chi connectivity index (χ4n) is 1.15. The molecule has 0 spiro atoms. The zero-order valence-corrected chi connectivity index (χ0v) is 8.69. The van der Waals surface area contributed by atoms with Crippen molar-refractivity contribution < 1.29 is 14.6 Å². The smallest absolute Gasteiger partial charge is 0.167 e. The molecule has 0 bridgehead atoms. The van der Waals surface area contributed by atoms with Crippen LogP contribution in [-0.2, 0) is 11.2 Å². The van der Waals surface area contributed by atoms with E-state index >= 15 is 0 Å².